The second kappa shape index (κ2) is 3.33. The molecule has 0 aliphatic rings. The van der Waals surface area contributed by atoms with Crippen molar-refractivity contribution in [3.63, 3.8) is 0 Å². The second-order valence-electron chi connectivity index (χ2n) is 3.38. The van der Waals surface area contributed by atoms with E-state index in [2.05, 4.69) is 9.99 Å². The molecule has 0 N–H and O–H groups in total. The van der Waals surface area contributed by atoms with Crippen LogP contribution in [0, 0.1) is 0 Å². The first kappa shape index (κ1) is 11.3. The van der Waals surface area contributed by atoms with Gasteiger partial charge in [0.2, 0.25) is 0 Å². The van der Waals surface area contributed by atoms with Gasteiger partial charge in [0, 0.05) is 0 Å². The fourth-order valence-electron chi connectivity index (χ4n) is 0.257. The van der Waals surface area contributed by atoms with Gasteiger partial charge in [-0.3, -0.25) is 0 Å². The predicted octanol–water partition coefficient (Wildman–Crippen LogP) is 2.74. The normalized spacial score (nSPS) is 14.8. The number of halogens is 3. The average molecular weight is 183 g/mol. The Morgan fingerprint density at radius 2 is 1.58 bits per heavy atom. The lowest BCUT2D eigenvalue weighted by Crippen LogP contribution is -2.23. The topological polar surface area (TPSA) is 21.6 Å². The maximum absolute atomic E-state index is 11.8. The molecule has 0 aliphatic heterocycles. The summed E-state index contributed by atoms with van der Waals surface area (Å²) < 4.78 is 35.4. The molecule has 0 amide bonds. The minimum absolute atomic E-state index is 0.688. The molecule has 0 saturated carbocycles. The van der Waals surface area contributed by atoms with Gasteiger partial charge in [0.05, 0.1) is 0 Å². The van der Waals surface area contributed by atoms with Gasteiger partial charge < -0.3 is 4.84 Å². The first-order valence-corrected chi connectivity index (χ1v) is 3.43. The van der Waals surface area contributed by atoms with Crippen molar-refractivity contribution in [3.05, 3.63) is 0 Å². The van der Waals surface area contributed by atoms with Crippen molar-refractivity contribution in [1.29, 1.82) is 0 Å². The van der Waals surface area contributed by atoms with Crippen LogP contribution in [-0.4, -0.2) is 17.5 Å². The highest BCUT2D eigenvalue weighted by Crippen LogP contribution is 2.18. The zero-order valence-corrected chi connectivity index (χ0v) is 7.49. The molecule has 0 unspecified atom stereocenters. The molecule has 72 valence electrons. The van der Waals surface area contributed by atoms with E-state index in [0.717, 1.165) is 6.92 Å². The summed E-state index contributed by atoms with van der Waals surface area (Å²) in [5.74, 6) is 0. The van der Waals surface area contributed by atoms with Gasteiger partial charge in [-0.05, 0) is 27.7 Å². The van der Waals surface area contributed by atoms with E-state index < -0.39 is 17.5 Å². The van der Waals surface area contributed by atoms with E-state index >= 15 is 0 Å². The van der Waals surface area contributed by atoms with E-state index in [0.29, 0.717) is 0 Å². The summed E-state index contributed by atoms with van der Waals surface area (Å²) in [6.45, 7) is 5.74. The third-order valence-electron chi connectivity index (χ3n) is 0.867. The molecule has 0 bridgehead atoms. The molecule has 0 aromatic heterocycles. The van der Waals surface area contributed by atoms with Crippen molar-refractivity contribution >= 4 is 5.71 Å². The molecule has 0 heterocycles. The Hall–Kier alpha value is -0.740. The number of hydrogen-bond donors (Lipinski definition) is 0. The van der Waals surface area contributed by atoms with Gasteiger partial charge in [0.25, 0.3) is 0 Å². The van der Waals surface area contributed by atoms with E-state index in [1.807, 2.05) is 0 Å². The first-order chi connectivity index (χ1) is 5.13. The van der Waals surface area contributed by atoms with E-state index in [-0.39, 0.29) is 0 Å². The number of oxime groups is 1. The Labute approximate surface area is 69.4 Å². The highest BCUT2D eigenvalue weighted by atomic mass is 19.4. The fraction of sp³-hybridized carbons (Fsp3) is 0.857. The van der Waals surface area contributed by atoms with Crippen LogP contribution in [0.25, 0.3) is 0 Å². The van der Waals surface area contributed by atoms with E-state index in [9.17, 15) is 13.2 Å². The highest BCUT2D eigenvalue weighted by molar-refractivity contribution is 5.86. The minimum atomic E-state index is -4.40. The lowest BCUT2D eigenvalue weighted by molar-refractivity contribution is -0.0682. The Bertz CT molecular complexity index is 178. The Morgan fingerprint density at radius 3 is 1.83 bits per heavy atom. The zero-order valence-electron chi connectivity index (χ0n) is 7.49. The van der Waals surface area contributed by atoms with Gasteiger partial charge in [0.1, 0.15) is 5.60 Å². The standard InChI is InChI=1S/C7H12F3NO/c1-5(7(8,9)10)11-12-6(2,3)4/h1-4H3/b11-5+. The molecule has 0 atom stereocenters. The number of alkyl halides is 3. The fourth-order valence-corrected chi connectivity index (χ4v) is 0.257. The minimum Gasteiger partial charge on any atom is -0.390 e. The number of rotatable bonds is 1. The summed E-state index contributed by atoms with van der Waals surface area (Å²) >= 11 is 0. The summed E-state index contributed by atoms with van der Waals surface area (Å²) in [6.07, 6.45) is -4.40. The Balaban J connectivity index is 4.21. The van der Waals surface area contributed by atoms with Crippen molar-refractivity contribution in [2.24, 2.45) is 5.16 Å². The molecule has 0 aromatic rings. The van der Waals surface area contributed by atoms with Crippen LogP contribution in [0.2, 0.25) is 0 Å². The number of hydrogen-bond acceptors (Lipinski definition) is 2. The van der Waals surface area contributed by atoms with Gasteiger partial charge in [-0.2, -0.15) is 13.2 Å². The van der Waals surface area contributed by atoms with Crippen LogP contribution < -0.4 is 0 Å². The SMILES string of the molecule is C/C(=N\OC(C)(C)C)C(F)(F)F. The van der Waals surface area contributed by atoms with E-state index in [4.69, 9.17) is 0 Å². The van der Waals surface area contributed by atoms with Gasteiger partial charge in [-0.25, -0.2) is 0 Å². The van der Waals surface area contributed by atoms with Gasteiger partial charge in [0.15, 0.2) is 5.71 Å². The van der Waals surface area contributed by atoms with Crippen LogP contribution in [0.1, 0.15) is 27.7 Å². The summed E-state index contributed by atoms with van der Waals surface area (Å²) in [6, 6.07) is 0. The van der Waals surface area contributed by atoms with Crippen LogP contribution in [0.3, 0.4) is 0 Å². The van der Waals surface area contributed by atoms with Crippen LogP contribution in [0.15, 0.2) is 5.16 Å². The lowest BCUT2D eigenvalue weighted by Gasteiger charge is -2.16. The van der Waals surface area contributed by atoms with Crippen molar-refractivity contribution in [2.75, 3.05) is 0 Å². The molecular weight excluding hydrogens is 171 g/mol. The van der Waals surface area contributed by atoms with Crippen molar-refractivity contribution in [1.82, 2.24) is 0 Å². The van der Waals surface area contributed by atoms with Gasteiger partial charge in [-0.1, -0.05) is 5.16 Å². The molecule has 0 radical (unpaired) electrons. The molecule has 0 fully saturated rings. The van der Waals surface area contributed by atoms with Crippen LogP contribution in [0.4, 0.5) is 13.2 Å². The third kappa shape index (κ3) is 4.98. The summed E-state index contributed by atoms with van der Waals surface area (Å²) in [5.41, 5.74) is -1.66. The monoisotopic (exact) mass is 183 g/mol. The summed E-state index contributed by atoms with van der Waals surface area (Å²) in [7, 11) is 0. The Kier molecular flexibility index (Phi) is 3.12. The summed E-state index contributed by atoms with van der Waals surface area (Å²) in [4.78, 5) is 4.59. The van der Waals surface area contributed by atoms with Crippen molar-refractivity contribution in [2.45, 2.75) is 39.5 Å². The van der Waals surface area contributed by atoms with E-state index in [1.54, 1.807) is 20.8 Å². The molecule has 0 spiro atoms. The van der Waals surface area contributed by atoms with E-state index in [1.165, 1.54) is 0 Å². The quantitative estimate of drug-likeness (QED) is 0.452. The predicted molar refractivity (Wildman–Crippen MR) is 40.0 cm³/mol. The summed E-state index contributed by atoms with van der Waals surface area (Å²) in [5, 5.41) is 2.96. The smallest absolute Gasteiger partial charge is 0.390 e. The third-order valence-corrected chi connectivity index (χ3v) is 0.867. The van der Waals surface area contributed by atoms with Gasteiger partial charge >= 0.3 is 6.18 Å². The van der Waals surface area contributed by atoms with Gasteiger partial charge in [-0.15, -0.1) is 0 Å². The molecule has 12 heavy (non-hydrogen) atoms. The second-order valence-corrected chi connectivity index (χ2v) is 3.38. The molecule has 5 heteroatoms. The van der Waals surface area contributed by atoms with Crippen molar-refractivity contribution in [3.8, 4) is 0 Å². The maximum atomic E-state index is 11.8. The zero-order chi connectivity index (χ0) is 9.99. The average Bonchev–Trinajstić information content (AvgIpc) is 1.78. The molecule has 0 saturated heterocycles. The Morgan fingerprint density at radius 1 is 1.17 bits per heavy atom. The molecule has 0 aromatic carbocycles. The number of nitrogens with zero attached hydrogens (tertiary/aromatic N) is 1. The lowest BCUT2D eigenvalue weighted by atomic mass is 10.2. The first-order valence-electron chi connectivity index (χ1n) is 3.43. The molecule has 0 rings (SSSR count). The van der Waals surface area contributed by atoms with Crippen molar-refractivity contribution < 1.29 is 18.0 Å². The van der Waals surface area contributed by atoms with Crippen LogP contribution in [0.5, 0.6) is 0 Å². The van der Waals surface area contributed by atoms with Crippen LogP contribution in [-0.2, 0) is 4.84 Å². The molecule has 0 aliphatic carbocycles. The molecule has 2 nitrogen and oxygen atoms in total. The highest BCUT2D eigenvalue weighted by Gasteiger charge is 2.33. The maximum Gasteiger partial charge on any atom is 0.432 e. The largest absolute Gasteiger partial charge is 0.432 e. The molecular formula is C7H12F3NO. The van der Waals surface area contributed by atoms with Crippen LogP contribution >= 0.6 is 0 Å².